The van der Waals surface area contributed by atoms with E-state index in [-0.39, 0.29) is 4.90 Å². The summed E-state index contributed by atoms with van der Waals surface area (Å²) < 4.78 is 30.8. The van der Waals surface area contributed by atoms with Gasteiger partial charge < -0.3 is 4.90 Å². The van der Waals surface area contributed by atoms with Crippen LogP contribution in [0.2, 0.25) is 0 Å². The van der Waals surface area contributed by atoms with Crippen LogP contribution in [0.4, 0.5) is 5.69 Å². The van der Waals surface area contributed by atoms with Gasteiger partial charge in [-0.25, -0.2) is 0 Å². The number of nitrogens with zero attached hydrogens (tertiary/aromatic N) is 1. The van der Waals surface area contributed by atoms with E-state index in [4.69, 9.17) is 4.55 Å². The van der Waals surface area contributed by atoms with Crippen molar-refractivity contribution < 1.29 is 13.0 Å². The normalized spacial score (nSPS) is 16.8. The maximum Gasteiger partial charge on any atom is 0.294 e. The average Bonchev–Trinajstić information content (AvgIpc) is 2.69. The van der Waals surface area contributed by atoms with Crippen LogP contribution < -0.4 is 4.90 Å². The largest absolute Gasteiger partial charge is 0.371 e. The van der Waals surface area contributed by atoms with Gasteiger partial charge in [-0.05, 0) is 43.5 Å². The van der Waals surface area contributed by atoms with Crippen LogP contribution in [0.15, 0.2) is 23.1 Å². The standard InChI is InChI=1S/C11H15NO3S/c1-9-8-10(16(13,14)15)4-5-11(9)12-6-2-3-7-12/h4-5,8H,2-3,6-7H2,1H3,(H,13,14,15). The molecule has 1 fully saturated rings. The second-order valence-corrected chi connectivity index (χ2v) is 5.54. The van der Waals surface area contributed by atoms with Gasteiger partial charge in [0.05, 0.1) is 4.90 Å². The van der Waals surface area contributed by atoms with Crippen molar-refractivity contribution in [2.24, 2.45) is 0 Å². The summed E-state index contributed by atoms with van der Waals surface area (Å²) in [6.07, 6.45) is 2.36. The van der Waals surface area contributed by atoms with Crippen LogP contribution in [0.5, 0.6) is 0 Å². The third-order valence-corrected chi connectivity index (χ3v) is 3.76. The lowest BCUT2D eigenvalue weighted by Crippen LogP contribution is -2.18. The summed E-state index contributed by atoms with van der Waals surface area (Å²) in [5, 5.41) is 0. The molecule has 2 rings (SSSR count). The minimum absolute atomic E-state index is 0.0343. The Hall–Kier alpha value is -1.07. The number of benzene rings is 1. The number of aryl methyl sites for hydroxylation is 1. The summed E-state index contributed by atoms with van der Waals surface area (Å²) in [6.45, 7) is 3.90. The van der Waals surface area contributed by atoms with Crippen molar-refractivity contribution in [2.45, 2.75) is 24.7 Å². The van der Waals surface area contributed by atoms with Crippen molar-refractivity contribution in [3.63, 3.8) is 0 Å². The van der Waals surface area contributed by atoms with Gasteiger partial charge in [0.15, 0.2) is 0 Å². The fraction of sp³-hybridized carbons (Fsp3) is 0.455. The molecule has 5 heteroatoms. The number of hydrogen-bond acceptors (Lipinski definition) is 3. The number of hydrogen-bond donors (Lipinski definition) is 1. The Labute approximate surface area is 95.6 Å². The Balaban J connectivity index is 2.37. The second-order valence-electron chi connectivity index (χ2n) is 4.12. The molecule has 88 valence electrons. The first kappa shape index (κ1) is 11.4. The molecule has 0 saturated carbocycles. The zero-order valence-electron chi connectivity index (χ0n) is 9.18. The van der Waals surface area contributed by atoms with Gasteiger partial charge in [-0.3, -0.25) is 4.55 Å². The van der Waals surface area contributed by atoms with E-state index in [2.05, 4.69) is 4.90 Å². The van der Waals surface area contributed by atoms with E-state index in [1.807, 2.05) is 6.92 Å². The number of anilines is 1. The SMILES string of the molecule is Cc1cc(S(=O)(=O)O)ccc1N1CCCC1. The van der Waals surface area contributed by atoms with E-state index in [1.54, 1.807) is 6.07 Å². The third kappa shape index (κ3) is 2.20. The molecule has 16 heavy (non-hydrogen) atoms. The summed E-state index contributed by atoms with van der Waals surface area (Å²) in [5.41, 5.74) is 1.95. The highest BCUT2D eigenvalue weighted by atomic mass is 32.2. The van der Waals surface area contributed by atoms with E-state index < -0.39 is 10.1 Å². The predicted octanol–water partition coefficient (Wildman–Crippen LogP) is 1.84. The molecular weight excluding hydrogens is 226 g/mol. The van der Waals surface area contributed by atoms with Crippen molar-refractivity contribution in [1.82, 2.24) is 0 Å². The van der Waals surface area contributed by atoms with E-state index >= 15 is 0 Å². The lowest BCUT2D eigenvalue weighted by atomic mass is 10.2. The summed E-state index contributed by atoms with van der Waals surface area (Å²) in [4.78, 5) is 2.20. The van der Waals surface area contributed by atoms with Gasteiger partial charge >= 0.3 is 0 Å². The van der Waals surface area contributed by atoms with Gasteiger partial charge in [0.2, 0.25) is 0 Å². The maximum absolute atomic E-state index is 11.0. The lowest BCUT2D eigenvalue weighted by molar-refractivity contribution is 0.483. The van der Waals surface area contributed by atoms with Crippen LogP contribution in [-0.2, 0) is 10.1 Å². The van der Waals surface area contributed by atoms with Crippen molar-refractivity contribution in [1.29, 1.82) is 0 Å². The zero-order valence-corrected chi connectivity index (χ0v) is 10.00. The third-order valence-electron chi connectivity index (χ3n) is 2.91. The highest BCUT2D eigenvalue weighted by molar-refractivity contribution is 7.85. The van der Waals surface area contributed by atoms with E-state index in [1.165, 1.54) is 25.0 Å². The van der Waals surface area contributed by atoms with Crippen LogP contribution >= 0.6 is 0 Å². The molecule has 1 aromatic carbocycles. The molecule has 0 aliphatic carbocycles. The topological polar surface area (TPSA) is 57.6 Å². The van der Waals surface area contributed by atoms with Crippen LogP contribution in [0, 0.1) is 6.92 Å². The Morgan fingerprint density at radius 3 is 2.38 bits per heavy atom. The Morgan fingerprint density at radius 2 is 1.88 bits per heavy atom. The minimum Gasteiger partial charge on any atom is -0.371 e. The summed E-state index contributed by atoms with van der Waals surface area (Å²) in [7, 11) is -4.08. The smallest absolute Gasteiger partial charge is 0.294 e. The lowest BCUT2D eigenvalue weighted by Gasteiger charge is -2.20. The first-order valence-corrected chi connectivity index (χ1v) is 6.75. The maximum atomic E-state index is 11.0. The van der Waals surface area contributed by atoms with Gasteiger partial charge in [0.25, 0.3) is 10.1 Å². The van der Waals surface area contributed by atoms with E-state index in [0.717, 1.165) is 24.3 Å². The Bertz CT molecular complexity index is 490. The van der Waals surface area contributed by atoms with Gasteiger partial charge in [-0.2, -0.15) is 8.42 Å². The fourth-order valence-corrected chi connectivity index (χ4v) is 2.67. The molecule has 1 heterocycles. The molecule has 4 nitrogen and oxygen atoms in total. The molecule has 0 radical (unpaired) electrons. The van der Waals surface area contributed by atoms with Gasteiger partial charge in [0, 0.05) is 18.8 Å². The first-order valence-electron chi connectivity index (χ1n) is 5.31. The molecule has 1 aliphatic rings. The Kier molecular flexibility index (Phi) is 2.90. The molecule has 0 unspecified atom stereocenters. The van der Waals surface area contributed by atoms with Crippen LogP contribution in [-0.4, -0.2) is 26.1 Å². The molecule has 1 aliphatic heterocycles. The van der Waals surface area contributed by atoms with Crippen molar-refractivity contribution >= 4 is 15.8 Å². The molecule has 1 saturated heterocycles. The summed E-state index contributed by atoms with van der Waals surface area (Å²) >= 11 is 0. The quantitative estimate of drug-likeness (QED) is 0.803. The molecule has 1 N–H and O–H groups in total. The van der Waals surface area contributed by atoms with Crippen LogP contribution in [0.3, 0.4) is 0 Å². The second kappa shape index (κ2) is 4.07. The molecule has 0 amide bonds. The van der Waals surface area contributed by atoms with Crippen LogP contribution in [0.25, 0.3) is 0 Å². The average molecular weight is 241 g/mol. The van der Waals surface area contributed by atoms with Gasteiger partial charge in [0.1, 0.15) is 0 Å². The monoisotopic (exact) mass is 241 g/mol. The van der Waals surface area contributed by atoms with Crippen LogP contribution in [0.1, 0.15) is 18.4 Å². The molecule has 0 bridgehead atoms. The van der Waals surface area contributed by atoms with E-state index in [9.17, 15) is 8.42 Å². The molecule has 0 spiro atoms. The number of rotatable bonds is 2. The van der Waals surface area contributed by atoms with Crippen molar-refractivity contribution in [3.8, 4) is 0 Å². The zero-order chi connectivity index (χ0) is 11.8. The van der Waals surface area contributed by atoms with E-state index in [0.29, 0.717) is 0 Å². The van der Waals surface area contributed by atoms with Gasteiger partial charge in [-0.15, -0.1) is 0 Å². The molecule has 0 atom stereocenters. The summed E-state index contributed by atoms with van der Waals surface area (Å²) in [6, 6.07) is 4.74. The first-order chi connectivity index (χ1) is 7.48. The Morgan fingerprint density at radius 1 is 1.25 bits per heavy atom. The molecular formula is C11H15NO3S. The van der Waals surface area contributed by atoms with Gasteiger partial charge in [-0.1, -0.05) is 0 Å². The molecule has 0 aromatic heterocycles. The predicted molar refractivity (Wildman–Crippen MR) is 62.4 cm³/mol. The van der Waals surface area contributed by atoms with Crippen molar-refractivity contribution in [2.75, 3.05) is 18.0 Å². The highest BCUT2D eigenvalue weighted by Crippen LogP contribution is 2.26. The highest BCUT2D eigenvalue weighted by Gasteiger charge is 2.16. The molecule has 1 aromatic rings. The summed E-state index contributed by atoms with van der Waals surface area (Å²) in [5.74, 6) is 0. The van der Waals surface area contributed by atoms with Crippen molar-refractivity contribution in [3.05, 3.63) is 23.8 Å². The minimum atomic E-state index is -4.08. The fourth-order valence-electron chi connectivity index (χ4n) is 2.10.